The molecule has 9 heteroatoms. The number of urea groups is 1. The molecule has 0 spiro atoms. The first-order chi connectivity index (χ1) is 19.8. The molecule has 5 aromatic rings. The molecule has 0 saturated heterocycles. The lowest BCUT2D eigenvalue weighted by Gasteiger charge is -2.17. The number of amides is 2. The average molecular weight is 556 g/mol. The van der Waals surface area contributed by atoms with E-state index in [0.29, 0.717) is 46.9 Å². The lowest BCUT2D eigenvalue weighted by atomic mass is 10.1. The summed E-state index contributed by atoms with van der Waals surface area (Å²) in [5.41, 5.74) is 3.62. The predicted octanol–water partition coefficient (Wildman–Crippen LogP) is 8.15. The van der Waals surface area contributed by atoms with Crippen LogP contribution in [0.15, 0.2) is 85.1 Å². The van der Waals surface area contributed by atoms with Crippen molar-refractivity contribution in [3.05, 3.63) is 113 Å². The first kappa shape index (κ1) is 27.4. The van der Waals surface area contributed by atoms with E-state index in [0.717, 1.165) is 34.2 Å². The Morgan fingerprint density at radius 1 is 0.805 bits per heavy atom. The summed E-state index contributed by atoms with van der Waals surface area (Å²) in [6, 6.07) is 20.9. The minimum Gasteiger partial charge on any atom is -0.493 e. The normalized spacial score (nSPS) is 10.8. The molecule has 0 aliphatic carbocycles. The number of rotatable bonds is 8. The van der Waals surface area contributed by atoms with Gasteiger partial charge in [0.25, 0.3) is 0 Å². The number of fused-ring (bicyclic) bond motifs is 1. The Bertz CT molecular complexity index is 1730. The minimum atomic E-state index is -0.868. The molecule has 4 aromatic carbocycles. The van der Waals surface area contributed by atoms with Crippen LogP contribution < -0.4 is 24.8 Å². The molecule has 0 unspecified atom stereocenters. The van der Waals surface area contributed by atoms with Gasteiger partial charge in [0, 0.05) is 29.4 Å². The van der Waals surface area contributed by atoms with Gasteiger partial charge in [-0.1, -0.05) is 30.3 Å². The standard InChI is InChI=1S/C32H27F2N3O4/c1-19-20(2)28(12-11-25(19)36-32(38)37-26-10-9-22(33)15-24(26)34)41-29-13-14-35-27-17-31(30(39-3)16-23(27)29)40-18-21-7-5-4-6-8-21/h4-17H,18H2,1-3H3,(H2,36,37,38). The van der Waals surface area contributed by atoms with Crippen molar-refractivity contribution in [1.82, 2.24) is 4.98 Å². The Balaban J connectivity index is 1.35. The number of aromatic nitrogens is 1. The van der Waals surface area contributed by atoms with Crippen molar-refractivity contribution in [1.29, 1.82) is 0 Å². The zero-order chi connectivity index (χ0) is 28.9. The van der Waals surface area contributed by atoms with Gasteiger partial charge in [0.1, 0.15) is 29.7 Å². The predicted molar refractivity (Wildman–Crippen MR) is 154 cm³/mol. The largest absolute Gasteiger partial charge is 0.493 e. The van der Waals surface area contributed by atoms with E-state index in [4.69, 9.17) is 14.2 Å². The number of methoxy groups -OCH3 is 1. The number of carbonyl (C=O) groups is 1. The fourth-order valence-corrected chi connectivity index (χ4v) is 4.25. The molecule has 2 amide bonds. The number of benzene rings is 4. The van der Waals surface area contributed by atoms with E-state index >= 15 is 0 Å². The van der Waals surface area contributed by atoms with Crippen LogP contribution in [0.25, 0.3) is 10.9 Å². The minimum absolute atomic E-state index is 0.133. The van der Waals surface area contributed by atoms with Crippen LogP contribution in [-0.2, 0) is 6.61 Å². The van der Waals surface area contributed by atoms with Crippen LogP contribution in [0.2, 0.25) is 0 Å². The first-order valence-electron chi connectivity index (χ1n) is 12.8. The number of ether oxygens (including phenoxy) is 3. The van der Waals surface area contributed by atoms with Gasteiger partial charge in [-0.15, -0.1) is 0 Å². The van der Waals surface area contributed by atoms with Crippen molar-refractivity contribution in [2.24, 2.45) is 0 Å². The summed E-state index contributed by atoms with van der Waals surface area (Å²) in [5.74, 6) is 0.655. The third-order valence-corrected chi connectivity index (χ3v) is 6.61. The molecule has 0 bridgehead atoms. The number of carbonyl (C=O) groups excluding carboxylic acids is 1. The SMILES string of the molecule is COc1cc2c(Oc3ccc(NC(=O)Nc4ccc(F)cc4F)c(C)c3C)ccnc2cc1OCc1ccccc1. The van der Waals surface area contributed by atoms with Gasteiger partial charge in [-0.25, -0.2) is 13.6 Å². The van der Waals surface area contributed by atoms with E-state index in [1.807, 2.05) is 56.3 Å². The first-order valence-corrected chi connectivity index (χ1v) is 12.8. The maximum Gasteiger partial charge on any atom is 0.323 e. The topological polar surface area (TPSA) is 81.7 Å². The number of anilines is 2. The molecule has 0 aliphatic heterocycles. The molecule has 208 valence electrons. The van der Waals surface area contributed by atoms with E-state index in [2.05, 4.69) is 15.6 Å². The number of nitrogens with one attached hydrogen (secondary N) is 2. The summed E-state index contributed by atoms with van der Waals surface area (Å²) in [7, 11) is 1.58. The van der Waals surface area contributed by atoms with Crippen molar-refractivity contribution in [3.8, 4) is 23.0 Å². The van der Waals surface area contributed by atoms with E-state index in [9.17, 15) is 13.6 Å². The maximum absolute atomic E-state index is 13.9. The fraction of sp³-hybridized carbons (Fsp3) is 0.125. The molecule has 7 nitrogen and oxygen atoms in total. The van der Waals surface area contributed by atoms with Crippen molar-refractivity contribution in [2.45, 2.75) is 20.5 Å². The lowest BCUT2D eigenvalue weighted by Crippen LogP contribution is -2.21. The molecule has 1 heterocycles. The number of halogens is 2. The molecular weight excluding hydrogens is 528 g/mol. The summed E-state index contributed by atoms with van der Waals surface area (Å²) < 4.78 is 45.0. The Morgan fingerprint density at radius 3 is 2.32 bits per heavy atom. The van der Waals surface area contributed by atoms with Crippen LogP contribution in [-0.4, -0.2) is 18.1 Å². The van der Waals surface area contributed by atoms with Crippen LogP contribution in [0.3, 0.4) is 0 Å². The number of hydrogen-bond acceptors (Lipinski definition) is 5. The Hall–Kier alpha value is -5.18. The molecule has 0 fully saturated rings. The van der Waals surface area contributed by atoms with Gasteiger partial charge in [0.15, 0.2) is 11.5 Å². The highest BCUT2D eigenvalue weighted by atomic mass is 19.1. The van der Waals surface area contributed by atoms with Gasteiger partial charge in [0.05, 0.1) is 18.3 Å². The fourth-order valence-electron chi connectivity index (χ4n) is 4.25. The van der Waals surface area contributed by atoms with Crippen LogP contribution in [0.4, 0.5) is 25.0 Å². The zero-order valence-corrected chi connectivity index (χ0v) is 22.6. The highest BCUT2D eigenvalue weighted by Gasteiger charge is 2.16. The van der Waals surface area contributed by atoms with Crippen molar-refractivity contribution in [3.63, 3.8) is 0 Å². The second-order valence-corrected chi connectivity index (χ2v) is 9.27. The Labute approximate surface area is 235 Å². The lowest BCUT2D eigenvalue weighted by molar-refractivity contribution is 0.262. The molecule has 0 saturated carbocycles. The summed E-state index contributed by atoms with van der Waals surface area (Å²) in [6.07, 6.45) is 1.65. The van der Waals surface area contributed by atoms with Crippen LogP contribution >= 0.6 is 0 Å². The van der Waals surface area contributed by atoms with Gasteiger partial charge in [-0.2, -0.15) is 0 Å². The Kier molecular flexibility index (Phi) is 7.96. The summed E-state index contributed by atoms with van der Waals surface area (Å²) in [5, 5.41) is 5.82. The van der Waals surface area contributed by atoms with Gasteiger partial charge in [0.2, 0.25) is 0 Å². The third kappa shape index (κ3) is 6.19. The number of hydrogen-bond donors (Lipinski definition) is 2. The zero-order valence-electron chi connectivity index (χ0n) is 22.6. The molecule has 0 atom stereocenters. The van der Waals surface area contributed by atoms with Crippen molar-refractivity contribution >= 4 is 28.3 Å². The number of nitrogens with zero attached hydrogens (tertiary/aromatic N) is 1. The molecule has 0 aliphatic rings. The summed E-state index contributed by atoms with van der Waals surface area (Å²) in [4.78, 5) is 17.0. The number of pyridine rings is 1. The summed E-state index contributed by atoms with van der Waals surface area (Å²) in [6.45, 7) is 4.09. The molecular formula is C32H27F2N3O4. The van der Waals surface area contributed by atoms with Gasteiger partial charge in [-0.05, 0) is 66.9 Å². The monoisotopic (exact) mass is 555 g/mol. The van der Waals surface area contributed by atoms with E-state index in [1.165, 1.54) is 0 Å². The van der Waals surface area contributed by atoms with Gasteiger partial charge < -0.3 is 24.8 Å². The second kappa shape index (κ2) is 11.9. The van der Waals surface area contributed by atoms with E-state index < -0.39 is 17.7 Å². The molecule has 1 aromatic heterocycles. The highest BCUT2D eigenvalue weighted by molar-refractivity contribution is 6.00. The van der Waals surface area contributed by atoms with Crippen LogP contribution in [0.5, 0.6) is 23.0 Å². The molecule has 5 rings (SSSR count). The average Bonchev–Trinajstić information content (AvgIpc) is 2.97. The highest BCUT2D eigenvalue weighted by Crippen LogP contribution is 2.39. The maximum atomic E-state index is 13.9. The van der Waals surface area contributed by atoms with E-state index in [-0.39, 0.29) is 5.69 Å². The van der Waals surface area contributed by atoms with Gasteiger partial charge in [-0.3, -0.25) is 4.98 Å². The van der Waals surface area contributed by atoms with E-state index in [1.54, 1.807) is 31.5 Å². The third-order valence-electron chi connectivity index (χ3n) is 6.61. The van der Waals surface area contributed by atoms with Crippen molar-refractivity contribution < 1.29 is 27.8 Å². The quantitative estimate of drug-likeness (QED) is 0.202. The van der Waals surface area contributed by atoms with Crippen LogP contribution in [0.1, 0.15) is 16.7 Å². The molecule has 2 N–H and O–H groups in total. The molecule has 0 radical (unpaired) electrons. The van der Waals surface area contributed by atoms with Crippen LogP contribution in [0, 0.1) is 25.5 Å². The second-order valence-electron chi connectivity index (χ2n) is 9.27. The van der Waals surface area contributed by atoms with Crippen molar-refractivity contribution in [2.75, 3.05) is 17.7 Å². The van der Waals surface area contributed by atoms with Gasteiger partial charge >= 0.3 is 6.03 Å². The summed E-state index contributed by atoms with van der Waals surface area (Å²) >= 11 is 0. The smallest absolute Gasteiger partial charge is 0.323 e. The Morgan fingerprint density at radius 2 is 1.56 bits per heavy atom. The molecule has 41 heavy (non-hydrogen) atoms.